The molecule has 0 spiro atoms. The second-order valence-corrected chi connectivity index (χ2v) is 7.37. The van der Waals surface area contributed by atoms with Crippen molar-refractivity contribution in [2.75, 3.05) is 25.3 Å². The molecule has 1 aliphatic rings. The van der Waals surface area contributed by atoms with E-state index in [2.05, 4.69) is 28.0 Å². The number of hydrogen-bond donors (Lipinski definition) is 1. The van der Waals surface area contributed by atoms with E-state index in [1.165, 1.54) is 18.2 Å². The zero-order valence-electron chi connectivity index (χ0n) is 16.3. The number of carbonyl (C=O) groups excluding carboxylic acids is 3. The molecule has 0 saturated carbocycles. The first kappa shape index (κ1) is 21.6. The molecule has 0 aliphatic carbocycles. The van der Waals surface area contributed by atoms with Crippen LogP contribution in [-0.2, 0) is 19.1 Å². The van der Waals surface area contributed by atoms with E-state index in [9.17, 15) is 14.4 Å². The Morgan fingerprint density at radius 1 is 1.13 bits per heavy atom. The highest BCUT2D eigenvalue weighted by molar-refractivity contribution is 14.1. The van der Waals surface area contributed by atoms with Gasteiger partial charge in [0.1, 0.15) is 5.57 Å². The molecule has 8 nitrogen and oxygen atoms in total. The number of benzene rings is 2. The Morgan fingerprint density at radius 2 is 1.87 bits per heavy atom. The fourth-order valence-corrected chi connectivity index (χ4v) is 3.09. The van der Waals surface area contributed by atoms with Crippen LogP contribution in [0, 0.1) is 3.57 Å². The minimum absolute atomic E-state index is 0.00389. The summed E-state index contributed by atoms with van der Waals surface area (Å²) >= 11 is 2.16. The Labute approximate surface area is 186 Å². The van der Waals surface area contributed by atoms with Crippen LogP contribution in [0.1, 0.15) is 12.5 Å². The lowest BCUT2D eigenvalue weighted by Gasteiger charge is -2.14. The highest BCUT2D eigenvalue weighted by atomic mass is 127. The topological polar surface area (TPSA) is 94.2 Å². The molecule has 0 bridgehead atoms. The molecule has 1 heterocycles. The fraction of sp³-hybridized carbons (Fsp3) is 0.190. The molecule has 1 fully saturated rings. The molecule has 2 amide bonds. The summed E-state index contributed by atoms with van der Waals surface area (Å²) in [5, 5.41) is 1.21. The number of hydrazine groups is 1. The molecule has 2 aromatic carbocycles. The van der Waals surface area contributed by atoms with Crippen molar-refractivity contribution < 1.29 is 28.6 Å². The molecule has 30 heavy (non-hydrogen) atoms. The zero-order chi connectivity index (χ0) is 21.7. The van der Waals surface area contributed by atoms with Gasteiger partial charge in [-0.2, -0.15) is 0 Å². The van der Waals surface area contributed by atoms with Gasteiger partial charge in [-0.05, 0) is 77.6 Å². The molecule has 2 aromatic rings. The number of methoxy groups -OCH3 is 1. The highest BCUT2D eigenvalue weighted by Crippen LogP contribution is 2.30. The standard InChI is InChI=1S/C21H19IN2O6/c1-3-29-19(25)12-30-17-9-4-13(11-18(17)28-2)10-16-20(26)23-24(21(16)27)15-7-5-14(22)6-8-15/h4-11H,3,12H2,1-2H3,(H,23,26)/b16-10-. The number of nitrogens with one attached hydrogen (secondary N) is 1. The summed E-state index contributed by atoms with van der Waals surface area (Å²) in [6, 6.07) is 12.1. The van der Waals surface area contributed by atoms with Gasteiger partial charge in [-0.3, -0.25) is 15.0 Å². The third kappa shape index (κ3) is 4.90. The van der Waals surface area contributed by atoms with Crippen LogP contribution in [0.15, 0.2) is 48.0 Å². The van der Waals surface area contributed by atoms with Gasteiger partial charge in [-0.25, -0.2) is 9.80 Å². The van der Waals surface area contributed by atoms with Gasteiger partial charge in [0, 0.05) is 3.57 Å². The van der Waals surface area contributed by atoms with Crippen LogP contribution in [-0.4, -0.2) is 38.1 Å². The summed E-state index contributed by atoms with van der Waals surface area (Å²) in [7, 11) is 1.45. The van der Waals surface area contributed by atoms with Crippen LogP contribution < -0.4 is 19.9 Å². The molecule has 1 N–H and O–H groups in total. The summed E-state index contributed by atoms with van der Waals surface area (Å²) in [5.74, 6) is -0.748. The molecule has 0 radical (unpaired) electrons. The molecule has 0 unspecified atom stereocenters. The van der Waals surface area contributed by atoms with Crippen LogP contribution in [0.4, 0.5) is 5.69 Å². The molecule has 1 aliphatic heterocycles. The van der Waals surface area contributed by atoms with E-state index in [1.54, 1.807) is 37.3 Å². The van der Waals surface area contributed by atoms with Gasteiger partial charge in [-0.15, -0.1) is 0 Å². The van der Waals surface area contributed by atoms with Crippen molar-refractivity contribution in [3.05, 3.63) is 57.2 Å². The first-order valence-electron chi connectivity index (χ1n) is 9.02. The quantitative estimate of drug-likeness (QED) is 0.260. The van der Waals surface area contributed by atoms with Gasteiger partial charge in [0.25, 0.3) is 11.8 Å². The number of hydrogen-bond acceptors (Lipinski definition) is 6. The lowest BCUT2D eigenvalue weighted by Crippen LogP contribution is -2.35. The normalized spacial score (nSPS) is 14.6. The van der Waals surface area contributed by atoms with Gasteiger partial charge in [0.15, 0.2) is 18.1 Å². The van der Waals surface area contributed by atoms with Crippen molar-refractivity contribution in [3.8, 4) is 11.5 Å². The molecule has 0 atom stereocenters. The molecule has 1 saturated heterocycles. The molecular weight excluding hydrogens is 503 g/mol. The van der Waals surface area contributed by atoms with Gasteiger partial charge in [0.2, 0.25) is 0 Å². The third-order valence-electron chi connectivity index (χ3n) is 4.13. The van der Waals surface area contributed by atoms with Crippen LogP contribution in [0.2, 0.25) is 0 Å². The number of rotatable bonds is 7. The second-order valence-electron chi connectivity index (χ2n) is 6.12. The predicted octanol–water partition coefficient (Wildman–Crippen LogP) is 2.70. The van der Waals surface area contributed by atoms with Crippen molar-refractivity contribution >= 4 is 52.1 Å². The minimum atomic E-state index is -0.500. The summed E-state index contributed by atoms with van der Waals surface area (Å²) in [6.45, 7) is 1.72. The van der Waals surface area contributed by atoms with Gasteiger partial charge in [0.05, 0.1) is 19.4 Å². The van der Waals surface area contributed by atoms with Crippen molar-refractivity contribution in [3.63, 3.8) is 0 Å². The van der Waals surface area contributed by atoms with Gasteiger partial charge >= 0.3 is 5.97 Å². The fourth-order valence-electron chi connectivity index (χ4n) is 2.73. The summed E-state index contributed by atoms with van der Waals surface area (Å²) < 4.78 is 16.6. The summed E-state index contributed by atoms with van der Waals surface area (Å²) in [6.07, 6.45) is 1.47. The van der Waals surface area contributed by atoms with Crippen LogP contribution >= 0.6 is 22.6 Å². The summed E-state index contributed by atoms with van der Waals surface area (Å²) in [5.41, 5.74) is 3.69. The smallest absolute Gasteiger partial charge is 0.344 e. The molecule has 156 valence electrons. The van der Waals surface area contributed by atoms with E-state index >= 15 is 0 Å². The van der Waals surface area contributed by atoms with E-state index in [1.807, 2.05) is 12.1 Å². The first-order chi connectivity index (χ1) is 14.4. The molecule has 0 aromatic heterocycles. The summed E-state index contributed by atoms with van der Waals surface area (Å²) in [4.78, 5) is 36.5. The van der Waals surface area contributed by atoms with Crippen LogP contribution in [0.3, 0.4) is 0 Å². The third-order valence-corrected chi connectivity index (χ3v) is 4.84. The number of anilines is 1. The maximum absolute atomic E-state index is 12.7. The van der Waals surface area contributed by atoms with E-state index < -0.39 is 17.8 Å². The Balaban J connectivity index is 1.80. The number of halogens is 1. The monoisotopic (exact) mass is 522 g/mol. The number of carbonyl (C=O) groups is 3. The number of nitrogens with zero attached hydrogens (tertiary/aromatic N) is 1. The number of amides is 2. The maximum atomic E-state index is 12.7. The van der Waals surface area contributed by atoms with Crippen LogP contribution in [0.25, 0.3) is 6.08 Å². The average Bonchev–Trinajstić information content (AvgIpc) is 3.01. The predicted molar refractivity (Wildman–Crippen MR) is 118 cm³/mol. The van der Waals surface area contributed by atoms with Crippen molar-refractivity contribution in [2.24, 2.45) is 0 Å². The Bertz CT molecular complexity index is 1000. The van der Waals surface area contributed by atoms with E-state index in [0.29, 0.717) is 22.7 Å². The van der Waals surface area contributed by atoms with Gasteiger partial charge in [-0.1, -0.05) is 6.07 Å². The zero-order valence-corrected chi connectivity index (χ0v) is 18.5. The van der Waals surface area contributed by atoms with Crippen molar-refractivity contribution in [1.82, 2.24) is 5.43 Å². The van der Waals surface area contributed by atoms with Crippen molar-refractivity contribution in [1.29, 1.82) is 0 Å². The first-order valence-corrected chi connectivity index (χ1v) is 10.1. The molecule has 3 rings (SSSR count). The van der Waals surface area contributed by atoms with Gasteiger partial charge < -0.3 is 14.2 Å². The molecular formula is C21H19IN2O6. The Hall–Kier alpha value is -3.08. The second kappa shape index (κ2) is 9.61. The Morgan fingerprint density at radius 3 is 2.53 bits per heavy atom. The Kier molecular flexibility index (Phi) is 6.93. The van der Waals surface area contributed by atoms with E-state index in [0.717, 1.165) is 3.57 Å². The number of ether oxygens (including phenoxy) is 3. The highest BCUT2D eigenvalue weighted by Gasteiger charge is 2.34. The lowest BCUT2D eigenvalue weighted by atomic mass is 10.1. The average molecular weight is 522 g/mol. The number of esters is 1. The van der Waals surface area contributed by atoms with E-state index in [-0.39, 0.29) is 18.8 Å². The largest absolute Gasteiger partial charge is 0.493 e. The van der Waals surface area contributed by atoms with Crippen molar-refractivity contribution in [2.45, 2.75) is 6.92 Å². The maximum Gasteiger partial charge on any atom is 0.344 e. The SMILES string of the molecule is CCOC(=O)COc1ccc(/C=C2/C(=O)NN(c3ccc(I)cc3)C2=O)cc1OC. The minimum Gasteiger partial charge on any atom is -0.493 e. The van der Waals surface area contributed by atoms with Crippen LogP contribution in [0.5, 0.6) is 11.5 Å². The van der Waals surface area contributed by atoms with E-state index in [4.69, 9.17) is 14.2 Å². The lowest BCUT2D eigenvalue weighted by molar-refractivity contribution is -0.145. The molecule has 9 heteroatoms.